The first kappa shape index (κ1) is 24.6. The Morgan fingerprint density at radius 1 is 1.06 bits per heavy atom. The van der Waals surface area contributed by atoms with E-state index in [2.05, 4.69) is 44.1 Å². The van der Waals surface area contributed by atoms with Crippen molar-refractivity contribution in [2.75, 3.05) is 14.2 Å². The van der Waals surface area contributed by atoms with Crippen LogP contribution < -0.4 is 9.47 Å². The summed E-state index contributed by atoms with van der Waals surface area (Å²) in [7, 11) is 2.95. The molecule has 2 heterocycles. The van der Waals surface area contributed by atoms with E-state index in [0.717, 1.165) is 21.2 Å². The number of aromatic hydroxyl groups is 1. The number of methoxy groups -OCH3 is 2. The smallest absolute Gasteiger partial charge is 0.352 e. The predicted molar refractivity (Wildman–Crippen MR) is 136 cm³/mol. The van der Waals surface area contributed by atoms with Crippen molar-refractivity contribution in [2.45, 2.75) is 17.5 Å². The summed E-state index contributed by atoms with van der Waals surface area (Å²) in [6.07, 6.45) is 1.32. The van der Waals surface area contributed by atoms with Crippen LogP contribution in [0.25, 0.3) is 11.1 Å². The van der Waals surface area contributed by atoms with Gasteiger partial charge >= 0.3 is 5.97 Å². The van der Waals surface area contributed by atoms with Gasteiger partial charge in [0.1, 0.15) is 11.4 Å². The summed E-state index contributed by atoms with van der Waals surface area (Å²) in [5.41, 5.74) is 3.68. The van der Waals surface area contributed by atoms with Gasteiger partial charge in [-0.2, -0.15) is 9.97 Å². The highest BCUT2D eigenvalue weighted by Crippen LogP contribution is 2.35. The zero-order valence-electron chi connectivity index (χ0n) is 18.9. The van der Waals surface area contributed by atoms with Crippen LogP contribution in [0, 0.1) is 0 Å². The summed E-state index contributed by atoms with van der Waals surface area (Å²) in [6.45, 7) is 0.0458. The SMILES string of the molecule is COc1nc(SCc2cccc(-c3ccccc3)c2Br)nc(OC)c1Cn1cc(O)cc1C(=O)O. The molecule has 0 aliphatic heterocycles. The van der Waals surface area contributed by atoms with Gasteiger partial charge in [-0.05, 0) is 32.6 Å². The third-order valence-corrected chi connectivity index (χ3v) is 7.08. The van der Waals surface area contributed by atoms with E-state index in [1.54, 1.807) is 0 Å². The molecule has 0 aliphatic rings. The number of ether oxygens (including phenoxy) is 2. The Morgan fingerprint density at radius 3 is 2.37 bits per heavy atom. The molecule has 0 atom stereocenters. The zero-order valence-corrected chi connectivity index (χ0v) is 21.3. The lowest BCUT2D eigenvalue weighted by molar-refractivity contribution is 0.0685. The highest BCUT2D eigenvalue weighted by Gasteiger charge is 2.21. The van der Waals surface area contributed by atoms with E-state index >= 15 is 0 Å². The van der Waals surface area contributed by atoms with E-state index < -0.39 is 5.97 Å². The summed E-state index contributed by atoms with van der Waals surface area (Å²) in [6, 6.07) is 17.4. The summed E-state index contributed by atoms with van der Waals surface area (Å²) in [4.78, 5) is 20.5. The maximum absolute atomic E-state index is 11.5. The minimum Gasteiger partial charge on any atom is -0.506 e. The van der Waals surface area contributed by atoms with Gasteiger partial charge in [-0.25, -0.2) is 4.79 Å². The van der Waals surface area contributed by atoms with Crippen LogP contribution in [-0.2, 0) is 12.3 Å². The molecule has 4 rings (SSSR count). The third kappa shape index (κ3) is 5.44. The summed E-state index contributed by atoms with van der Waals surface area (Å²) >= 11 is 5.17. The number of carbonyl (C=O) groups is 1. The Bertz CT molecular complexity index is 1340. The van der Waals surface area contributed by atoms with E-state index in [4.69, 9.17) is 9.47 Å². The number of aromatic carboxylic acids is 1. The number of carboxylic acid groups (broad SMARTS) is 1. The quantitative estimate of drug-likeness (QED) is 0.207. The van der Waals surface area contributed by atoms with Crippen LogP contribution in [0.15, 0.2) is 70.4 Å². The number of carboxylic acids is 1. The minimum atomic E-state index is -1.17. The number of halogens is 1. The fourth-order valence-electron chi connectivity index (χ4n) is 3.61. The molecule has 2 N–H and O–H groups in total. The number of hydrogen-bond acceptors (Lipinski definition) is 7. The molecule has 10 heteroatoms. The van der Waals surface area contributed by atoms with Gasteiger partial charge in [0.25, 0.3) is 0 Å². The molecule has 0 fully saturated rings. The van der Waals surface area contributed by atoms with Gasteiger partial charge in [-0.1, -0.05) is 60.3 Å². The second-order valence-electron chi connectivity index (χ2n) is 7.45. The van der Waals surface area contributed by atoms with E-state index in [0.29, 0.717) is 16.5 Å². The number of benzene rings is 2. The Morgan fingerprint density at radius 2 is 1.74 bits per heavy atom. The number of rotatable bonds is 9. The molecule has 0 saturated heterocycles. The maximum atomic E-state index is 11.5. The van der Waals surface area contributed by atoms with Crippen LogP contribution in [0.5, 0.6) is 17.5 Å². The van der Waals surface area contributed by atoms with Crippen LogP contribution in [-0.4, -0.2) is 44.9 Å². The molecule has 0 spiro atoms. The molecule has 0 radical (unpaired) electrons. The van der Waals surface area contributed by atoms with E-state index in [1.807, 2.05) is 30.3 Å². The lowest BCUT2D eigenvalue weighted by Crippen LogP contribution is -2.12. The summed E-state index contributed by atoms with van der Waals surface area (Å²) in [5, 5.41) is 19.6. The Balaban J connectivity index is 1.60. The molecule has 0 bridgehead atoms. The lowest BCUT2D eigenvalue weighted by atomic mass is 10.0. The monoisotopic (exact) mass is 555 g/mol. The van der Waals surface area contributed by atoms with E-state index in [1.165, 1.54) is 42.8 Å². The first-order valence-corrected chi connectivity index (χ1v) is 12.3. The third-order valence-electron chi connectivity index (χ3n) is 5.25. The molecule has 4 aromatic rings. The highest BCUT2D eigenvalue weighted by molar-refractivity contribution is 9.10. The van der Waals surface area contributed by atoms with Crippen molar-refractivity contribution in [3.63, 3.8) is 0 Å². The molecule has 0 unspecified atom stereocenters. The van der Waals surface area contributed by atoms with Gasteiger partial charge in [-0.3, -0.25) is 0 Å². The molecule has 8 nitrogen and oxygen atoms in total. The van der Waals surface area contributed by atoms with Crippen LogP contribution in [0.4, 0.5) is 0 Å². The van der Waals surface area contributed by atoms with Gasteiger partial charge < -0.3 is 24.3 Å². The van der Waals surface area contributed by atoms with Gasteiger partial charge in [0.05, 0.1) is 26.3 Å². The summed E-state index contributed by atoms with van der Waals surface area (Å²) < 4.78 is 13.3. The molecular weight excluding hydrogens is 534 g/mol. The van der Waals surface area contributed by atoms with Gasteiger partial charge in [0.2, 0.25) is 11.8 Å². The van der Waals surface area contributed by atoms with Crippen molar-refractivity contribution in [3.05, 3.63) is 82.1 Å². The maximum Gasteiger partial charge on any atom is 0.352 e. The zero-order chi connectivity index (χ0) is 24.9. The average molecular weight is 556 g/mol. The topological polar surface area (TPSA) is 107 Å². The van der Waals surface area contributed by atoms with Gasteiger partial charge in [0, 0.05) is 22.5 Å². The van der Waals surface area contributed by atoms with Gasteiger partial charge in [0.15, 0.2) is 5.16 Å². The fourth-order valence-corrected chi connectivity index (χ4v) is 5.25. The number of nitrogens with zero attached hydrogens (tertiary/aromatic N) is 3. The van der Waals surface area contributed by atoms with Crippen molar-refractivity contribution < 1.29 is 24.5 Å². The van der Waals surface area contributed by atoms with E-state index in [9.17, 15) is 15.0 Å². The Kier molecular flexibility index (Phi) is 7.62. The predicted octanol–water partition coefficient (Wildman–Crippen LogP) is 5.47. The van der Waals surface area contributed by atoms with Crippen LogP contribution >= 0.6 is 27.7 Å². The second kappa shape index (κ2) is 10.8. The van der Waals surface area contributed by atoms with Crippen molar-refractivity contribution in [1.82, 2.24) is 14.5 Å². The normalized spacial score (nSPS) is 10.8. The molecule has 2 aromatic heterocycles. The standard InChI is InChI=1S/C25H22BrN3O5S/c1-33-22-19(13-29-12-17(30)11-20(29)24(31)32)23(34-2)28-25(27-22)35-14-16-9-6-10-18(21(16)26)15-7-4-3-5-8-15/h3-12,30H,13-14H2,1-2H3,(H,31,32). The van der Waals surface area contributed by atoms with Crippen LogP contribution in [0.2, 0.25) is 0 Å². The first-order chi connectivity index (χ1) is 16.9. The Hall–Kier alpha value is -3.50. The molecule has 0 aliphatic carbocycles. The van der Waals surface area contributed by atoms with Gasteiger partial charge in [-0.15, -0.1) is 0 Å². The molecule has 180 valence electrons. The fraction of sp³-hybridized carbons (Fsp3) is 0.160. The molecule has 2 aromatic carbocycles. The highest BCUT2D eigenvalue weighted by atomic mass is 79.9. The van der Waals surface area contributed by atoms with Crippen molar-refractivity contribution in [1.29, 1.82) is 0 Å². The second-order valence-corrected chi connectivity index (χ2v) is 9.19. The first-order valence-electron chi connectivity index (χ1n) is 10.5. The van der Waals surface area contributed by atoms with Crippen LogP contribution in [0.1, 0.15) is 21.6 Å². The van der Waals surface area contributed by atoms with Crippen LogP contribution in [0.3, 0.4) is 0 Å². The van der Waals surface area contributed by atoms with Crippen molar-refractivity contribution >= 4 is 33.7 Å². The number of aromatic nitrogens is 3. The number of thioether (sulfide) groups is 1. The largest absolute Gasteiger partial charge is 0.506 e. The van der Waals surface area contributed by atoms with Crippen molar-refractivity contribution in [2.24, 2.45) is 0 Å². The molecule has 0 saturated carbocycles. The minimum absolute atomic E-state index is 0.0458. The average Bonchev–Trinajstić information content (AvgIpc) is 3.24. The summed E-state index contributed by atoms with van der Waals surface area (Å²) in [5.74, 6) is -0.194. The van der Waals surface area contributed by atoms with E-state index in [-0.39, 0.29) is 29.7 Å². The Labute approximate surface area is 214 Å². The molecule has 0 amide bonds. The lowest BCUT2D eigenvalue weighted by Gasteiger charge is -2.15. The number of hydrogen-bond donors (Lipinski definition) is 2. The molecular formula is C25H22BrN3O5S. The van der Waals surface area contributed by atoms with Crippen molar-refractivity contribution in [3.8, 4) is 28.6 Å². The molecule has 35 heavy (non-hydrogen) atoms.